The number of aryl methyl sites for hydroxylation is 1. The summed E-state index contributed by atoms with van der Waals surface area (Å²) in [6.07, 6.45) is 5.72. The number of fused-ring (bicyclic) bond motifs is 1. The van der Waals surface area contributed by atoms with Gasteiger partial charge in [-0.05, 0) is 50.5 Å². The third kappa shape index (κ3) is 2.24. The average Bonchev–Trinajstić information content (AvgIpc) is 3.38. The minimum Gasteiger partial charge on any atom is -0.308 e. The molecule has 1 aromatic heterocycles. The molecule has 20 heavy (non-hydrogen) atoms. The van der Waals surface area contributed by atoms with Gasteiger partial charge in [0.1, 0.15) is 0 Å². The first-order valence-electron chi connectivity index (χ1n) is 8.04. The monoisotopic (exact) mass is 269 g/mol. The van der Waals surface area contributed by atoms with Crippen LogP contribution in [-0.4, -0.2) is 15.8 Å². The molecule has 2 aliphatic carbocycles. The Morgan fingerprint density at radius 3 is 2.55 bits per heavy atom. The van der Waals surface area contributed by atoms with E-state index >= 15 is 0 Å². The summed E-state index contributed by atoms with van der Waals surface area (Å²) in [5.41, 5.74) is 2.48. The molecule has 3 nitrogen and oxygen atoms in total. The molecule has 0 saturated heterocycles. The number of rotatable bonds is 6. The molecule has 0 unspecified atom stereocenters. The summed E-state index contributed by atoms with van der Waals surface area (Å²) >= 11 is 0. The summed E-state index contributed by atoms with van der Waals surface area (Å²) in [5, 5.41) is 9.92. The van der Waals surface area contributed by atoms with E-state index < -0.39 is 0 Å². The lowest BCUT2D eigenvalue weighted by Gasteiger charge is -2.16. The van der Waals surface area contributed by atoms with Crippen LogP contribution in [0.25, 0.3) is 10.9 Å². The average molecular weight is 269 g/mol. The zero-order valence-corrected chi connectivity index (χ0v) is 12.2. The predicted molar refractivity (Wildman–Crippen MR) is 81.5 cm³/mol. The summed E-state index contributed by atoms with van der Waals surface area (Å²) in [7, 11) is 0. The maximum Gasteiger partial charge on any atom is 0.0841 e. The Labute approximate surface area is 120 Å². The second-order valence-corrected chi connectivity index (χ2v) is 6.36. The second kappa shape index (κ2) is 4.88. The van der Waals surface area contributed by atoms with E-state index in [1.54, 1.807) is 0 Å². The van der Waals surface area contributed by atoms with Gasteiger partial charge in [0.05, 0.1) is 11.2 Å². The maximum atomic E-state index is 4.79. The van der Waals surface area contributed by atoms with Crippen LogP contribution in [0.4, 0.5) is 0 Å². The van der Waals surface area contributed by atoms with E-state index in [1.807, 2.05) is 0 Å². The highest BCUT2D eigenvalue weighted by atomic mass is 15.3. The summed E-state index contributed by atoms with van der Waals surface area (Å²) in [6, 6.07) is 9.35. The topological polar surface area (TPSA) is 29.9 Å². The first-order valence-corrected chi connectivity index (χ1v) is 8.04. The lowest BCUT2D eigenvalue weighted by atomic mass is 10.1. The molecular formula is C17H23N3. The first-order chi connectivity index (χ1) is 9.86. The maximum absolute atomic E-state index is 4.79. The van der Waals surface area contributed by atoms with E-state index in [0.29, 0.717) is 0 Å². The van der Waals surface area contributed by atoms with Gasteiger partial charge < -0.3 is 5.32 Å². The zero-order chi connectivity index (χ0) is 13.5. The summed E-state index contributed by atoms with van der Waals surface area (Å²) in [5.74, 6) is 1.89. The molecule has 106 valence electrons. The van der Waals surface area contributed by atoms with Crippen molar-refractivity contribution in [2.24, 2.45) is 11.8 Å². The number of nitrogens with zero attached hydrogens (tertiary/aromatic N) is 2. The van der Waals surface area contributed by atoms with Crippen molar-refractivity contribution >= 4 is 10.9 Å². The van der Waals surface area contributed by atoms with Crippen molar-refractivity contribution in [2.45, 2.75) is 51.7 Å². The number of nitrogens with one attached hydrogen (secondary N) is 1. The van der Waals surface area contributed by atoms with Gasteiger partial charge >= 0.3 is 0 Å². The van der Waals surface area contributed by atoms with Crippen molar-refractivity contribution in [1.29, 1.82) is 0 Å². The fourth-order valence-electron chi connectivity index (χ4n) is 3.41. The molecule has 0 spiro atoms. The SMILES string of the molecule is CCn1nc(CNC(C2CC2)C2CC2)c2ccccc21. The van der Waals surface area contributed by atoms with Crippen LogP contribution in [-0.2, 0) is 13.1 Å². The van der Waals surface area contributed by atoms with Crippen LogP contribution in [0.3, 0.4) is 0 Å². The van der Waals surface area contributed by atoms with Crippen LogP contribution in [0.2, 0.25) is 0 Å². The Kier molecular flexibility index (Phi) is 3.03. The molecule has 1 aromatic carbocycles. The van der Waals surface area contributed by atoms with Crippen LogP contribution in [0, 0.1) is 11.8 Å². The number of hydrogen-bond acceptors (Lipinski definition) is 2. The number of aromatic nitrogens is 2. The van der Waals surface area contributed by atoms with Crippen molar-refractivity contribution < 1.29 is 0 Å². The van der Waals surface area contributed by atoms with E-state index in [1.165, 1.54) is 42.3 Å². The van der Waals surface area contributed by atoms with Gasteiger partial charge in [-0.1, -0.05) is 18.2 Å². The molecular weight excluding hydrogens is 246 g/mol. The summed E-state index contributed by atoms with van der Waals surface area (Å²) < 4.78 is 2.12. The van der Waals surface area contributed by atoms with Crippen molar-refractivity contribution in [3.05, 3.63) is 30.0 Å². The van der Waals surface area contributed by atoms with Crippen LogP contribution in [0.15, 0.2) is 24.3 Å². The summed E-state index contributed by atoms with van der Waals surface area (Å²) in [4.78, 5) is 0. The van der Waals surface area contributed by atoms with Crippen molar-refractivity contribution in [1.82, 2.24) is 15.1 Å². The van der Waals surface area contributed by atoms with Gasteiger partial charge in [0.15, 0.2) is 0 Å². The number of para-hydroxylation sites is 1. The normalized spacial score (nSPS) is 19.1. The highest BCUT2D eigenvalue weighted by Gasteiger charge is 2.41. The van der Waals surface area contributed by atoms with E-state index in [-0.39, 0.29) is 0 Å². The van der Waals surface area contributed by atoms with E-state index in [9.17, 15) is 0 Å². The Morgan fingerprint density at radius 2 is 1.90 bits per heavy atom. The highest BCUT2D eigenvalue weighted by Crippen LogP contribution is 2.44. The molecule has 2 fully saturated rings. The predicted octanol–water partition coefficient (Wildman–Crippen LogP) is 3.33. The van der Waals surface area contributed by atoms with Crippen molar-refractivity contribution in [3.8, 4) is 0 Å². The molecule has 2 saturated carbocycles. The molecule has 0 atom stereocenters. The highest BCUT2D eigenvalue weighted by molar-refractivity contribution is 5.81. The molecule has 0 bridgehead atoms. The minimum absolute atomic E-state index is 0.750. The van der Waals surface area contributed by atoms with Gasteiger partial charge in [0, 0.05) is 24.5 Å². The molecule has 0 radical (unpaired) electrons. The zero-order valence-electron chi connectivity index (χ0n) is 12.2. The van der Waals surface area contributed by atoms with Crippen LogP contribution in [0.5, 0.6) is 0 Å². The molecule has 4 rings (SSSR count). The van der Waals surface area contributed by atoms with E-state index in [0.717, 1.165) is 31.0 Å². The van der Waals surface area contributed by atoms with Gasteiger partial charge in [-0.25, -0.2) is 0 Å². The van der Waals surface area contributed by atoms with Gasteiger partial charge in [0.2, 0.25) is 0 Å². The van der Waals surface area contributed by atoms with E-state index in [4.69, 9.17) is 5.10 Å². The molecule has 1 heterocycles. The number of benzene rings is 1. The minimum atomic E-state index is 0.750. The van der Waals surface area contributed by atoms with Gasteiger partial charge in [-0.15, -0.1) is 0 Å². The molecule has 1 N–H and O–H groups in total. The van der Waals surface area contributed by atoms with Gasteiger partial charge in [0.25, 0.3) is 0 Å². The molecule has 3 heteroatoms. The Balaban J connectivity index is 1.55. The van der Waals surface area contributed by atoms with Gasteiger partial charge in [-0.3, -0.25) is 4.68 Å². The van der Waals surface area contributed by atoms with Crippen LogP contribution >= 0.6 is 0 Å². The molecule has 2 aliphatic rings. The largest absolute Gasteiger partial charge is 0.308 e. The molecule has 0 aliphatic heterocycles. The Hall–Kier alpha value is -1.35. The standard InChI is InChI=1S/C17H23N3/c1-2-20-16-6-4-3-5-14(16)15(19-20)11-18-17(12-7-8-12)13-9-10-13/h3-6,12-13,17-18H,2,7-11H2,1H3. The van der Waals surface area contributed by atoms with Crippen LogP contribution in [0.1, 0.15) is 38.3 Å². The lowest BCUT2D eigenvalue weighted by Crippen LogP contribution is -2.32. The number of hydrogen-bond donors (Lipinski definition) is 1. The first kappa shape index (κ1) is 12.4. The second-order valence-electron chi connectivity index (χ2n) is 6.36. The van der Waals surface area contributed by atoms with Gasteiger partial charge in [-0.2, -0.15) is 5.10 Å². The van der Waals surface area contributed by atoms with E-state index in [2.05, 4.69) is 41.2 Å². The quantitative estimate of drug-likeness (QED) is 0.871. The fraction of sp³-hybridized carbons (Fsp3) is 0.588. The summed E-state index contributed by atoms with van der Waals surface area (Å²) in [6.45, 7) is 4.02. The third-order valence-electron chi connectivity index (χ3n) is 4.80. The fourth-order valence-corrected chi connectivity index (χ4v) is 3.41. The van der Waals surface area contributed by atoms with Crippen LogP contribution < -0.4 is 5.32 Å². The Morgan fingerprint density at radius 1 is 1.20 bits per heavy atom. The van der Waals surface area contributed by atoms with Crippen molar-refractivity contribution in [2.75, 3.05) is 0 Å². The van der Waals surface area contributed by atoms with Crippen molar-refractivity contribution in [3.63, 3.8) is 0 Å². The third-order valence-corrected chi connectivity index (χ3v) is 4.80. The molecule has 0 amide bonds. The Bertz CT molecular complexity index is 596. The molecule has 2 aromatic rings. The smallest absolute Gasteiger partial charge is 0.0841 e. The lowest BCUT2D eigenvalue weighted by molar-refractivity contribution is 0.412.